The van der Waals surface area contributed by atoms with Gasteiger partial charge in [0.25, 0.3) is 0 Å². The van der Waals surface area contributed by atoms with Crippen molar-refractivity contribution >= 4 is 35.1 Å². The molecule has 1 aromatic rings. The van der Waals surface area contributed by atoms with Gasteiger partial charge in [-0.05, 0) is 49.6 Å². The van der Waals surface area contributed by atoms with Gasteiger partial charge in [0.2, 0.25) is 0 Å². The van der Waals surface area contributed by atoms with Gasteiger partial charge in [0.1, 0.15) is 0 Å². The molecule has 8 heteroatoms. The molecule has 1 N–H and O–H groups in total. The molecule has 3 nitrogen and oxygen atoms in total. The minimum atomic E-state index is -4.51. The number of halogens is 4. The van der Waals surface area contributed by atoms with Crippen molar-refractivity contribution in [2.75, 3.05) is 24.2 Å². The zero-order chi connectivity index (χ0) is 17.5. The van der Waals surface area contributed by atoms with E-state index in [0.29, 0.717) is 11.7 Å². The predicted octanol–water partition coefficient (Wildman–Crippen LogP) is 5.11. The Kier molecular flexibility index (Phi) is 4.68. The van der Waals surface area contributed by atoms with E-state index in [1.54, 1.807) is 6.92 Å². The number of thioether (sulfide) groups is 1. The van der Waals surface area contributed by atoms with E-state index in [-0.39, 0.29) is 22.8 Å². The Morgan fingerprint density at radius 3 is 2.71 bits per heavy atom. The average Bonchev–Trinajstić information content (AvgIpc) is 3.32. The highest BCUT2D eigenvalue weighted by atomic mass is 35.5. The largest absolute Gasteiger partial charge is 0.409 e. The number of hydrogen-bond acceptors (Lipinski definition) is 2. The maximum atomic E-state index is 14.3. The number of anilines is 1. The fourth-order valence-electron chi connectivity index (χ4n) is 2.83. The van der Waals surface area contributed by atoms with Crippen LogP contribution in [0.25, 0.3) is 0 Å². The quantitative estimate of drug-likeness (QED) is 0.789. The fourth-order valence-corrected chi connectivity index (χ4v) is 4.59. The number of fused-ring (bicyclic) bond motifs is 1. The summed E-state index contributed by atoms with van der Waals surface area (Å²) < 4.78 is 40.6. The summed E-state index contributed by atoms with van der Waals surface area (Å²) in [7, 11) is 0. The molecule has 0 saturated heterocycles. The maximum Gasteiger partial charge on any atom is 0.409 e. The molecule has 2 aliphatic rings. The van der Waals surface area contributed by atoms with Crippen LogP contribution in [0.15, 0.2) is 18.2 Å². The van der Waals surface area contributed by atoms with E-state index in [1.165, 1.54) is 23.1 Å². The molecule has 1 saturated carbocycles. The van der Waals surface area contributed by atoms with Gasteiger partial charge >= 0.3 is 12.2 Å². The predicted molar refractivity (Wildman–Crippen MR) is 90.6 cm³/mol. The summed E-state index contributed by atoms with van der Waals surface area (Å²) in [5, 5.41) is 2.83. The average molecular weight is 379 g/mol. The second kappa shape index (κ2) is 6.33. The standard InChI is InChI=1S/C16H18ClF3N2OS/c1-2-22-9-15(16(18,19)20,24-8-10-3-4-10)12-7-11(17)5-6-13(12)21-14(22)23/h5-7,10H,2-4,8-9H2,1H3,(H,21,23). The number of carbonyl (C=O) groups excluding carboxylic acids is 1. The Bertz CT molecular complexity index is 651. The number of carbonyl (C=O) groups is 1. The lowest BCUT2D eigenvalue weighted by atomic mass is 9.95. The van der Waals surface area contributed by atoms with Crippen LogP contribution in [-0.2, 0) is 4.75 Å². The van der Waals surface area contributed by atoms with Crippen LogP contribution in [0.1, 0.15) is 25.3 Å². The monoisotopic (exact) mass is 378 g/mol. The summed E-state index contributed by atoms with van der Waals surface area (Å²) in [5.74, 6) is 0.760. The first-order valence-electron chi connectivity index (χ1n) is 7.83. The highest BCUT2D eigenvalue weighted by Crippen LogP contribution is 2.55. The Labute approximate surface area is 147 Å². The van der Waals surface area contributed by atoms with E-state index >= 15 is 0 Å². The van der Waals surface area contributed by atoms with E-state index in [9.17, 15) is 18.0 Å². The second-order valence-corrected chi connectivity index (χ2v) is 7.97. The third kappa shape index (κ3) is 3.20. The molecule has 1 atom stereocenters. The number of nitrogens with one attached hydrogen (secondary N) is 1. The molecule has 1 aromatic carbocycles. The van der Waals surface area contributed by atoms with Crippen molar-refractivity contribution in [1.82, 2.24) is 4.90 Å². The minimum Gasteiger partial charge on any atom is -0.323 e. The summed E-state index contributed by atoms with van der Waals surface area (Å²) in [6, 6.07) is 3.77. The molecule has 0 bridgehead atoms. The third-order valence-electron chi connectivity index (χ3n) is 4.46. The fraction of sp³-hybridized carbons (Fsp3) is 0.562. The molecular formula is C16H18ClF3N2OS. The van der Waals surface area contributed by atoms with E-state index in [2.05, 4.69) is 5.32 Å². The number of nitrogens with zero attached hydrogens (tertiary/aromatic N) is 1. The van der Waals surface area contributed by atoms with Gasteiger partial charge in [0.05, 0.1) is 6.54 Å². The molecule has 1 heterocycles. The molecule has 1 fully saturated rings. The number of amides is 2. The van der Waals surface area contributed by atoms with Crippen molar-refractivity contribution in [3.63, 3.8) is 0 Å². The molecule has 0 radical (unpaired) electrons. The van der Waals surface area contributed by atoms with Crippen LogP contribution in [0, 0.1) is 5.92 Å². The van der Waals surface area contributed by atoms with Gasteiger partial charge in [-0.3, -0.25) is 0 Å². The summed E-state index contributed by atoms with van der Waals surface area (Å²) >= 11 is 6.88. The molecule has 0 spiro atoms. The first-order valence-corrected chi connectivity index (χ1v) is 9.20. The SMILES string of the molecule is CCN1CC(SCC2CC2)(C(F)(F)F)c2cc(Cl)ccc2NC1=O. The summed E-state index contributed by atoms with van der Waals surface area (Å²) in [6.07, 6.45) is -2.57. The Morgan fingerprint density at radius 1 is 1.42 bits per heavy atom. The van der Waals surface area contributed by atoms with Gasteiger partial charge in [0, 0.05) is 22.8 Å². The normalized spacial score (nSPS) is 24.4. The molecule has 1 aliphatic carbocycles. The Morgan fingerprint density at radius 2 is 2.12 bits per heavy atom. The van der Waals surface area contributed by atoms with Crippen molar-refractivity contribution in [3.8, 4) is 0 Å². The molecule has 132 valence electrons. The van der Waals surface area contributed by atoms with Crippen LogP contribution in [-0.4, -0.2) is 35.9 Å². The lowest BCUT2D eigenvalue weighted by molar-refractivity contribution is -0.164. The number of rotatable bonds is 4. The minimum absolute atomic E-state index is 0.0393. The lowest BCUT2D eigenvalue weighted by Crippen LogP contribution is -2.49. The molecule has 3 rings (SSSR count). The smallest absolute Gasteiger partial charge is 0.323 e. The highest BCUT2D eigenvalue weighted by molar-refractivity contribution is 8.00. The molecule has 1 unspecified atom stereocenters. The van der Waals surface area contributed by atoms with E-state index in [0.717, 1.165) is 24.6 Å². The first kappa shape index (κ1) is 17.7. The van der Waals surface area contributed by atoms with Gasteiger partial charge in [-0.2, -0.15) is 13.2 Å². The molecular weight excluding hydrogens is 361 g/mol. The first-order chi connectivity index (χ1) is 11.3. The summed E-state index contributed by atoms with van der Waals surface area (Å²) in [5.41, 5.74) is 0.221. The van der Waals surface area contributed by atoms with Gasteiger partial charge < -0.3 is 10.2 Å². The van der Waals surface area contributed by atoms with E-state index in [4.69, 9.17) is 11.6 Å². The van der Waals surface area contributed by atoms with Gasteiger partial charge in [-0.25, -0.2) is 4.79 Å². The topological polar surface area (TPSA) is 32.3 Å². The van der Waals surface area contributed by atoms with Crippen molar-refractivity contribution in [1.29, 1.82) is 0 Å². The molecule has 2 amide bonds. The van der Waals surface area contributed by atoms with Crippen LogP contribution < -0.4 is 5.32 Å². The van der Waals surface area contributed by atoms with Crippen LogP contribution in [0.4, 0.5) is 23.7 Å². The number of urea groups is 1. The van der Waals surface area contributed by atoms with Crippen LogP contribution in [0.3, 0.4) is 0 Å². The Hall–Kier alpha value is -1.08. The third-order valence-corrected chi connectivity index (χ3v) is 6.41. The van der Waals surface area contributed by atoms with Crippen molar-refractivity contribution in [3.05, 3.63) is 28.8 Å². The van der Waals surface area contributed by atoms with Gasteiger partial charge in [0.15, 0.2) is 4.75 Å². The second-order valence-electron chi connectivity index (χ2n) is 6.21. The number of benzene rings is 1. The maximum absolute atomic E-state index is 14.3. The van der Waals surface area contributed by atoms with Gasteiger partial charge in [-0.15, -0.1) is 11.8 Å². The number of hydrogen-bond donors (Lipinski definition) is 1. The number of alkyl halides is 3. The number of likely N-dealkylation sites (N-methyl/N-ethyl adjacent to an activating group) is 1. The van der Waals surface area contributed by atoms with Crippen LogP contribution >= 0.6 is 23.4 Å². The molecule has 24 heavy (non-hydrogen) atoms. The van der Waals surface area contributed by atoms with Crippen LogP contribution in [0.5, 0.6) is 0 Å². The van der Waals surface area contributed by atoms with E-state index in [1.807, 2.05) is 0 Å². The van der Waals surface area contributed by atoms with Crippen molar-refractivity contribution in [2.24, 2.45) is 5.92 Å². The van der Waals surface area contributed by atoms with Crippen molar-refractivity contribution in [2.45, 2.75) is 30.7 Å². The Balaban J connectivity index is 2.14. The molecule has 1 aliphatic heterocycles. The molecule has 0 aromatic heterocycles. The highest BCUT2D eigenvalue weighted by Gasteiger charge is 2.59. The summed E-state index contributed by atoms with van der Waals surface area (Å²) in [6.45, 7) is 1.47. The lowest BCUT2D eigenvalue weighted by Gasteiger charge is -2.37. The van der Waals surface area contributed by atoms with Crippen LogP contribution in [0.2, 0.25) is 5.02 Å². The zero-order valence-corrected chi connectivity index (χ0v) is 14.7. The summed E-state index contributed by atoms with van der Waals surface area (Å²) in [4.78, 5) is 13.5. The van der Waals surface area contributed by atoms with Gasteiger partial charge in [-0.1, -0.05) is 11.6 Å². The van der Waals surface area contributed by atoms with Crippen molar-refractivity contribution < 1.29 is 18.0 Å². The zero-order valence-electron chi connectivity index (χ0n) is 13.1. The van der Waals surface area contributed by atoms with E-state index < -0.39 is 23.5 Å².